The first-order valence-electron chi connectivity index (χ1n) is 8.00. The second kappa shape index (κ2) is 8.88. The molecule has 0 aliphatic rings. The number of hydrazine groups is 1. The van der Waals surface area contributed by atoms with E-state index in [0.29, 0.717) is 5.56 Å². The number of nitrogens with one attached hydrogen (secondary N) is 2. The minimum atomic E-state index is -4.84. The monoisotopic (exact) mass is 378 g/mol. The van der Waals surface area contributed by atoms with Crippen molar-refractivity contribution >= 4 is 17.9 Å². The molecule has 0 bridgehead atoms. The van der Waals surface area contributed by atoms with E-state index < -0.39 is 23.9 Å². The van der Waals surface area contributed by atoms with Gasteiger partial charge in [0, 0.05) is 17.2 Å². The van der Waals surface area contributed by atoms with Crippen LogP contribution in [0.15, 0.2) is 54.6 Å². The number of carbonyl (C=O) groups is 2. The molecule has 2 rings (SSSR count). The molecule has 0 radical (unpaired) electrons. The minimum absolute atomic E-state index is 0.0615. The van der Waals surface area contributed by atoms with Gasteiger partial charge in [-0.05, 0) is 36.3 Å². The largest absolute Gasteiger partial charge is 0.573 e. The summed E-state index contributed by atoms with van der Waals surface area (Å²) in [5, 5.41) is 0. The lowest BCUT2D eigenvalue weighted by atomic mass is 10.1. The van der Waals surface area contributed by atoms with Crippen molar-refractivity contribution in [2.24, 2.45) is 0 Å². The molecule has 0 atom stereocenters. The Labute approximate surface area is 153 Å². The third kappa shape index (κ3) is 6.50. The molecule has 0 fully saturated rings. The molecular weight excluding hydrogens is 361 g/mol. The van der Waals surface area contributed by atoms with Crippen LogP contribution in [0.4, 0.5) is 13.2 Å². The van der Waals surface area contributed by atoms with Crippen molar-refractivity contribution < 1.29 is 27.5 Å². The number of halogens is 3. The highest BCUT2D eigenvalue weighted by Crippen LogP contribution is 2.26. The Morgan fingerprint density at radius 3 is 2.33 bits per heavy atom. The molecular formula is C19H17F3N2O3. The quantitative estimate of drug-likeness (QED) is 0.617. The Bertz CT molecular complexity index is 831. The summed E-state index contributed by atoms with van der Waals surface area (Å²) < 4.78 is 41.0. The number of benzene rings is 2. The molecule has 0 spiro atoms. The summed E-state index contributed by atoms with van der Waals surface area (Å²) in [6.07, 6.45) is -1.87. The first kappa shape index (κ1) is 20.0. The average molecular weight is 378 g/mol. The van der Waals surface area contributed by atoms with Crippen LogP contribution in [0.3, 0.4) is 0 Å². The van der Waals surface area contributed by atoms with E-state index in [9.17, 15) is 22.8 Å². The van der Waals surface area contributed by atoms with Gasteiger partial charge in [0.15, 0.2) is 0 Å². The predicted octanol–water partition coefficient (Wildman–Crippen LogP) is 3.62. The zero-order chi connectivity index (χ0) is 19.9. The van der Waals surface area contributed by atoms with Crippen molar-refractivity contribution in [2.75, 3.05) is 0 Å². The van der Waals surface area contributed by atoms with Gasteiger partial charge in [-0.1, -0.05) is 37.3 Å². The van der Waals surface area contributed by atoms with Crippen LogP contribution in [0.5, 0.6) is 5.75 Å². The van der Waals surface area contributed by atoms with Crippen molar-refractivity contribution in [1.82, 2.24) is 10.9 Å². The lowest BCUT2D eigenvalue weighted by Gasteiger charge is -2.11. The molecule has 0 saturated heterocycles. The second-order valence-corrected chi connectivity index (χ2v) is 5.41. The summed E-state index contributed by atoms with van der Waals surface area (Å²) in [5.41, 5.74) is 5.87. The maximum Gasteiger partial charge on any atom is 0.573 e. The van der Waals surface area contributed by atoms with E-state index in [1.807, 2.05) is 6.92 Å². The standard InChI is InChI=1S/C19H17F3N2O3/c1-2-13-7-9-15(10-8-13)18(26)24-23-17(25)12-11-14-5-3-4-6-16(14)27-19(20,21)22/h3-12H,2H2,1H3,(H,23,25)(H,24,26)/b12-11+. The highest BCUT2D eigenvalue weighted by molar-refractivity contribution is 5.98. The number of para-hydroxylation sites is 1. The van der Waals surface area contributed by atoms with E-state index in [0.717, 1.165) is 30.2 Å². The molecule has 2 amide bonds. The number of amides is 2. The maximum absolute atomic E-state index is 12.4. The van der Waals surface area contributed by atoms with E-state index in [1.54, 1.807) is 24.3 Å². The van der Waals surface area contributed by atoms with Crippen LogP contribution < -0.4 is 15.6 Å². The average Bonchev–Trinajstić information content (AvgIpc) is 2.64. The SMILES string of the molecule is CCc1ccc(C(=O)NNC(=O)/C=C/c2ccccc2OC(F)(F)F)cc1. The van der Waals surface area contributed by atoms with Gasteiger partial charge in [0.25, 0.3) is 11.8 Å². The first-order valence-corrected chi connectivity index (χ1v) is 8.00. The van der Waals surface area contributed by atoms with Crippen molar-refractivity contribution in [1.29, 1.82) is 0 Å². The Balaban J connectivity index is 1.94. The number of ether oxygens (including phenoxy) is 1. The molecule has 5 nitrogen and oxygen atoms in total. The molecule has 0 aromatic heterocycles. The van der Waals surface area contributed by atoms with Crippen molar-refractivity contribution in [3.05, 3.63) is 71.3 Å². The summed E-state index contributed by atoms with van der Waals surface area (Å²) in [7, 11) is 0. The molecule has 142 valence electrons. The van der Waals surface area contributed by atoms with Gasteiger partial charge < -0.3 is 4.74 Å². The third-order valence-electron chi connectivity index (χ3n) is 3.48. The lowest BCUT2D eigenvalue weighted by molar-refractivity contribution is -0.274. The highest BCUT2D eigenvalue weighted by Gasteiger charge is 2.31. The molecule has 2 aromatic rings. The molecule has 2 N–H and O–H groups in total. The summed E-state index contributed by atoms with van der Waals surface area (Å²) in [4.78, 5) is 23.7. The fraction of sp³-hybridized carbons (Fsp3) is 0.158. The zero-order valence-corrected chi connectivity index (χ0v) is 14.3. The molecule has 0 aliphatic carbocycles. The molecule has 0 aliphatic heterocycles. The van der Waals surface area contributed by atoms with E-state index >= 15 is 0 Å². The third-order valence-corrected chi connectivity index (χ3v) is 3.48. The minimum Gasteiger partial charge on any atom is -0.405 e. The molecule has 8 heteroatoms. The summed E-state index contributed by atoms with van der Waals surface area (Å²) >= 11 is 0. The van der Waals surface area contributed by atoms with Gasteiger partial charge in [0.05, 0.1) is 0 Å². The topological polar surface area (TPSA) is 67.4 Å². The van der Waals surface area contributed by atoms with Gasteiger partial charge in [-0.2, -0.15) is 0 Å². The fourth-order valence-corrected chi connectivity index (χ4v) is 2.13. The summed E-state index contributed by atoms with van der Waals surface area (Å²) in [5.74, 6) is -1.66. The van der Waals surface area contributed by atoms with Gasteiger partial charge in [-0.3, -0.25) is 20.4 Å². The van der Waals surface area contributed by atoms with Gasteiger partial charge >= 0.3 is 6.36 Å². The highest BCUT2D eigenvalue weighted by atomic mass is 19.4. The number of aryl methyl sites for hydroxylation is 1. The number of carbonyl (C=O) groups excluding carboxylic acids is 2. The van der Waals surface area contributed by atoms with Crippen LogP contribution in [0.1, 0.15) is 28.4 Å². The number of rotatable bonds is 5. The molecule has 0 unspecified atom stereocenters. The zero-order valence-electron chi connectivity index (χ0n) is 14.3. The Morgan fingerprint density at radius 1 is 1.04 bits per heavy atom. The van der Waals surface area contributed by atoms with Gasteiger partial charge in [0.2, 0.25) is 0 Å². The van der Waals surface area contributed by atoms with Crippen LogP contribution in [-0.4, -0.2) is 18.2 Å². The summed E-state index contributed by atoms with van der Waals surface area (Å²) in [6.45, 7) is 1.99. The molecule has 0 saturated carbocycles. The Kier molecular flexibility index (Phi) is 6.59. The number of hydrogen-bond donors (Lipinski definition) is 2. The maximum atomic E-state index is 12.4. The number of alkyl halides is 3. The van der Waals surface area contributed by atoms with Crippen molar-refractivity contribution in [3.8, 4) is 5.75 Å². The van der Waals surface area contributed by atoms with Crippen LogP contribution in [0, 0.1) is 0 Å². The second-order valence-electron chi connectivity index (χ2n) is 5.41. The van der Waals surface area contributed by atoms with Gasteiger partial charge in [0.1, 0.15) is 5.75 Å². The lowest BCUT2D eigenvalue weighted by Crippen LogP contribution is -2.40. The normalized spacial score (nSPS) is 11.3. The molecule has 2 aromatic carbocycles. The van der Waals surface area contributed by atoms with E-state index in [1.165, 1.54) is 18.2 Å². The van der Waals surface area contributed by atoms with E-state index in [4.69, 9.17) is 0 Å². The van der Waals surface area contributed by atoms with Crippen LogP contribution in [-0.2, 0) is 11.2 Å². The number of hydrogen-bond acceptors (Lipinski definition) is 3. The van der Waals surface area contributed by atoms with E-state index in [-0.39, 0.29) is 5.56 Å². The van der Waals surface area contributed by atoms with Crippen LogP contribution in [0.2, 0.25) is 0 Å². The Hall–Kier alpha value is -3.29. The first-order chi connectivity index (χ1) is 12.8. The van der Waals surface area contributed by atoms with Crippen molar-refractivity contribution in [2.45, 2.75) is 19.7 Å². The van der Waals surface area contributed by atoms with E-state index in [2.05, 4.69) is 15.6 Å². The molecule has 0 heterocycles. The smallest absolute Gasteiger partial charge is 0.405 e. The Morgan fingerprint density at radius 2 is 1.70 bits per heavy atom. The summed E-state index contributed by atoms with van der Waals surface area (Å²) in [6, 6.07) is 12.2. The van der Waals surface area contributed by atoms with Crippen LogP contribution in [0.25, 0.3) is 6.08 Å². The van der Waals surface area contributed by atoms with Gasteiger partial charge in [-0.15, -0.1) is 13.2 Å². The van der Waals surface area contributed by atoms with Crippen LogP contribution >= 0.6 is 0 Å². The fourth-order valence-electron chi connectivity index (χ4n) is 2.13. The van der Waals surface area contributed by atoms with Crippen molar-refractivity contribution in [3.63, 3.8) is 0 Å². The molecule has 27 heavy (non-hydrogen) atoms. The van der Waals surface area contributed by atoms with Gasteiger partial charge in [-0.25, -0.2) is 0 Å². The predicted molar refractivity (Wildman–Crippen MR) is 93.6 cm³/mol.